The molecule has 1 aliphatic carbocycles. The number of halogens is 3. The largest absolute Gasteiger partial charge is 0.416 e. The third kappa shape index (κ3) is 3.61. The van der Waals surface area contributed by atoms with Crippen molar-refractivity contribution in [2.75, 3.05) is 13.6 Å². The Hall–Kier alpha value is -1.12. The summed E-state index contributed by atoms with van der Waals surface area (Å²) in [7, 11) is -2.48. The average molecular weight is 337 g/mol. The molecule has 22 heavy (non-hydrogen) atoms. The van der Waals surface area contributed by atoms with Crippen LogP contribution in [-0.2, 0) is 16.2 Å². The van der Waals surface area contributed by atoms with E-state index < -0.39 is 27.9 Å². The number of hydrogen-bond donors (Lipinski definition) is 1. The Morgan fingerprint density at radius 3 is 2.27 bits per heavy atom. The number of aliphatic hydroxyl groups is 1. The van der Waals surface area contributed by atoms with Crippen molar-refractivity contribution in [1.29, 1.82) is 0 Å². The third-order valence-electron chi connectivity index (χ3n) is 4.00. The zero-order valence-electron chi connectivity index (χ0n) is 12.0. The lowest BCUT2D eigenvalue weighted by Gasteiger charge is -2.23. The van der Waals surface area contributed by atoms with Gasteiger partial charge in [0, 0.05) is 13.6 Å². The minimum atomic E-state index is -4.50. The number of benzene rings is 1. The van der Waals surface area contributed by atoms with Gasteiger partial charge in [-0.1, -0.05) is 6.42 Å². The summed E-state index contributed by atoms with van der Waals surface area (Å²) in [6.45, 7) is 0.157. The van der Waals surface area contributed by atoms with Crippen LogP contribution in [0.15, 0.2) is 29.2 Å². The second-order valence-electron chi connectivity index (χ2n) is 5.57. The van der Waals surface area contributed by atoms with Crippen molar-refractivity contribution in [3.63, 3.8) is 0 Å². The lowest BCUT2D eigenvalue weighted by Crippen LogP contribution is -2.34. The molecular formula is C14H18F3NO3S. The van der Waals surface area contributed by atoms with E-state index in [9.17, 15) is 26.7 Å². The number of alkyl halides is 3. The first-order valence-electron chi connectivity index (χ1n) is 6.94. The van der Waals surface area contributed by atoms with E-state index in [1.165, 1.54) is 7.05 Å². The number of aliphatic hydroxyl groups excluding tert-OH is 1. The second-order valence-corrected chi connectivity index (χ2v) is 7.61. The Morgan fingerprint density at radius 2 is 1.82 bits per heavy atom. The van der Waals surface area contributed by atoms with Crippen molar-refractivity contribution in [2.45, 2.75) is 36.4 Å². The van der Waals surface area contributed by atoms with Gasteiger partial charge in [0.15, 0.2) is 0 Å². The second kappa shape index (κ2) is 6.17. The molecule has 1 saturated carbocycles. The minimum absolute atomic E-state index is 0.130. The summed E-state index contributed by atoms with van der Waals surface area (Å²) in [6, 6.07) is 3.43. The van der Waals surface area contributed by atoms with Crippen molar-refractivity contribution in [3.05, 3.63) is 29.8 Å². The molecular weight excluding hydrogens is 319 g/mol. The number of hydrogen-bond acceptors (Lipinski definition) is 3. The van der Waals surface area contributed by atoms with E-state index in [1.807, 2.05) is 0 Å². The third-order valence-corrected chi connectivity index (χ3v) is 5.84. The van der Waals surface area contributed by atoms with E-state index in [0.29, 0.717) is 6.42 Å². The Kier molecular flexibility index (Phi) is 4.84. The lowest BCUT2D eigenvalue weighted by molar-refractivity contribution is -0.137. The zero-order chi connectivity index (χ0) is 16.5. The SMILES string of the molecule is CN(CC1CCCC1O)S(=O)(=O)c1ccc(C(F)(F)F)cc1. The maximum absolute atomic E-state index is 12.5. The van der Waals surface area contributed by atoms with Gasteiger partial charge in [0.25, 0.3) is 0 Å². The lowest BCUT2D eigenvalue weighted by atomic mass is 10.1. The van der Waals surface area contributed by atoms with Crippen molar-refractivity contribution in [1.82, 2.24) is 4.31 Å². The molecule has 1 aromatic rings. The standard InChI is InChI=1S/C14H18F3NO3S/c1-18(9-10-3-2-4-13(10)19)22(20,21)12-7-5-11(6-8-12)14(15,16)17/h5-8,10,13,19H,2-4,9H2,1H3. The molecule has 1 fully saturated rings. The topological polar surface area (TPSA) is 57.6 Å². The predicted octanol–water partition coefficient (Wildman–Crippen LogP) is 2.49. The average Bonchev–Trinajstić information content (AvgIpc) is 2.83. The van der Waals surface area contributed by atoms with Crippen molar-refractivity contribution < 1.29 is 26.7 Å². The number of sulfonamides is 1. The van der Waals surface area contributed by atoms with Gasteiger partial charge in [0.2, 0.25) is 10.0 Å². The molecule has 124 valence electrons. The Morgan fingerprint density at radius 1 is 1.23 bits per heavy atom. The fraction of sp³-hybridized carbons (Fsp3) is 0.571. The first kappa shape index (κ1) is 17.2. The van der Waals surface area contributed by atoms with Gasteiger partial charge in [-0.3, -0.25) is 0 Å². The first-order chi connectivity index (χ1) is 10.1. The van der Waals surface area contributed by atoms with Crippen LogP contribution in [0, 0.1) is 5.92 Å². The highest BCUT2D eigenvalue weighted by Crippen LogP contribution is 2.31. The summed E-state index contributed by atoms with van der Waals surface area (Å²) in [5.41, 5.74) is -0.889. The fourth-order valence-corrected chi connectivity index (χ4v) is 3.88. The molecule has 8 heteroatoms. The highest BCUT2D eigenvalue weighted by atomic mass is 32.2. The van der Waals surface area contributed by atoms with Crippen LogP contribution in [0.25, 0.3) is 0 Å². The van der Waals surface area contributed by atoms with Gasteiger partial charge >= 0.3 is 6.18 Å². The summed E-state index contributed by atoms with van der Waals surface area (Å²) in [5, 5.41) is 9.75. The number of nitrogens with zero attached hydrogens (tertiary/aromatic N) is 1. The molecule has 4 nitrogen and oxygen atoms in total. The van der Waals surface area contributed by atoms with E-state index in [-0.39, 0.29) is 17.4 Å². The molecule has 2 atom stereocenters. The summed E-state index contributed by atoms with van der Waals surface area (Å²) in [5.74, 6) is -0.130. The number of rotatable bonds is 4. The molecule has 2 unspecified atom stereocenters. The van der Waals surface area contributed by atoms with Crippen LogP contribution >= 0.6 is 0 Å². The van der Waals surface area contributed by atoms with Gasteiger partial charge in [0.05, 0.1) is 16.6 Å². The molecule has 0 spiro atoms. The smallest absolute Gasteiger partial charge is 0.393 e. The highest BCUT2D eigenvalue weighted by Gasteiger charge is 2.33. The van der Waals surface area contributed by atoms with Gasteiger partial charge in [0.1, 0.15) is 0 Å². The highest BCUT2D eigenvalue weighted by molar-refractivity contribution is 7.89. The van der Waals surface area contributed by atoms with E-state index in [1.54, 1.807) is 0 Å². The minimum Gasteiger partial charge on any atom is -0.393 e. The van der Waals surface area contributed by atoms with E-state index >= 15 is 0 Å². The van der Waals surface area contributed by atoms with Gasteiger partial charge in [-0.2, -0.15) is 13.2 Å². The monoisotopic (exact) mass is 337 g/mol. The quantitative estimate of drug-likeness (QED) is 0.918. The Balaban J connectivity index is 2.15. The van der Waals surface area contributed by atoms with Gasteiger partial charge in [-0.15, -0.1) is 0 Å². The van der Waals surface area contributed by atoms with Crippen LogP contribution in [-0.4, -0.2) is 37.5 Å². The van der Waals surface area contributed by atoms with Crippen molar-refractivity contribution in [2.24, 2.45) is 5.92 Å². The van der Waals surface area contributed by atoms with Crippen LogP contribution in [0.2, 0.25) is 0 Å². The van der Waals surface area contributed by atoms with Gasteiger partial charge in [-0.05, 0) is 43.0 Å². The molecule has 0 bridgehead atoms. The van der Waals surface area contributed by atoms with Gasteiger partial charge < -0.3 is 5.11 Å². The van der Waals surface area contributed by atoms with Gasteiger partial charge in [-0.25, -0.2) is 12.7 Å². The van der Waals surface area contributed by atoms with Crippen molar-refractivity contribution in [3.8, 4) is 0 Å². The predicted molar refractivity (Wildman–Crippen MR) is 74.6 cm³/mol. The summed E-state index contributed by atoms with van der Waals surface area (Å²) in [4.78, 5) is -0.185. The molecule has 0 aromatic heterocycles. The normalized spacial score (nSPS) is 23.2. The molecule has 1 N–H and O–H groups in total. The molecule has 1 aromatic carbocycles. The maximum Gasteiger partial charge on any atom is 0.416 e. The van der Waals surface area contributed by atoms with Crippen LogP contribution in [0.1, 0.15) is 24.8 Å². The molecule has 0 saturated heterocycles. The molecule has 0 aliphatic heterocycles. The Labute approximate surface area is 127 Å². The molecule has 0 amide bonds. The van der Waals surface area contributed by atoms with E-state index in [4.69, 9.17) is 0 Å². The maximum atomic E-state index is 12.5. The van der Waals surface area contributed by atoms with Crippen molar-refractivity contribution >= 4 is 10.0 Å². The van der Waals surface area contributed by atoms with E-state index in [0.717, 1.165) is 41.4 Å². The van der Waals surface area contributed by atoms with E-state index in [2.05, 4.69) is 0 Å². The van der Waals surface area contributed by atoms with Crippen LogP contribution in [0.3, 0.4) is 0 Å². The molecule has 0 heterocycles. The summed E-state index contributed by atoms with van der Waals surface area (Å²) < 4.78 is 63.3. The summed E-state index contributed by atoms with van der Waals surface area (Å²) >= 11 is 0. The van der Waals surface area contributed by atoms with Crippen LogP contribution in [0.5, 0.6) is 0 Å². The zero-order valence-corrected chi connectivity index (χ0v) is 12.9. The van der Waals surface area contributed by atoms with Crippen LogP contribution < -0.4 is 0 Å². The molecule has 1 aliphatic rings. The Bertz CT molecular complexity index is 613. The van der Waals surface area contributed by atoms with Crippen LogP contribution in [0.4, 0.5) is 13.2 Å². The first-order valence-corrected chi connectivity index (χ1v) is 8.38. The fourth-order valence-electron chi connectivity index (χ4n) is 2.65. The molecule has 2 rings (SSSR count). The molecule has 0 radical (unpaired) electrons. The summed E-state index contributed by atoms with van der Waals surface area (Å²) in [6.07, 6.45) is -2.78.